The van der Waals surface area contributed by atoms with Gasteiger partial charge in [-0.3, -0.25) is 4.99 Å². The van der Waals surface area contributed by atoms with Crippen molar-refractivity contribution in [1.29, 1.82) is 0 Å². The molecule has 1 aromatic rings. The summed E-state index contributed by atoms with van der Waals surface area (Å²) < 4.78 is 10.8. The number of benzene rings is 1. The number of aliphatic imine (C=N–C) groups is 1. The smallest absolute Gasteiger partial charge is 0.193 e. The summed E-state index contributed by atoms with van der Waals surface area (Å²) in [5, 5.41) is 3.54. The molecule has 0 amide bonds. The predicted molar refractivity (Wildman–Crippen MR) is 112 cm³/mol. The van der Waals surface area contributed by atoms with Gasteiger partial charge in [-0.15, -0.1) is 0 Å². The summed E-state index contributed by atoms with van der Waals surface area (Å²) in [6.45, 7) is 3.61. The summed E-state index contributed by atoms with van der Waals surface area (Å²) in [6.07, 6.45) is 3.55. The molecule has 1 heterocycles. The van der Waals surface area contributed by atoms with Crippen LogP contribution in [0.15, 0.2) is 29.3 Å². The van der Waals surface area contributed by atoms with Crippen LogP contribution >= 0.6 is 0 Å². The molecule has 1 atom stereocenters. The number of rotatable bonds is 8. The Morgan fingerprint density at radius 2 is 2.04 bits per heavy atom. The van der Waals surface area contributed by atoms with Gasteiger partial charge in [0.2, 0.25) is 0 Å². The molecule has 1 fully saturated rings. The van der Waals surface area contributed by atoms with E-state index in [1.807, 2.05) is 19.2 Å². The van der Waals surface area contributed by atoms with Gasteiger partial charge in [-0.05, 0) is 57.0 Å². The highest BCUT2D eigenvalue weighted by molar-refractivity contribution is 5.79. The monoisotopic (exact) mass is 376 g/mol. The van der Waals surface area contributed by atoms with Gasteiger partial charge >= 0.3 is 0 Å². The molecule has 1 aliphatic rings. The Morgan fingerprint density at radius 1 is 1.30 bits per heavy atom. The number of hydrogen-bond acceptors (Lipinski definition) is 4. The quantitative estimate of drug-likeness (QED) is 0.558. The average Bonchev–Trinajstić information content (AvgIpc) is 2.70. The van der Waals surface area contributed by atoms with Gasteiger partial charge in [-0.2, -0.15) is 0 Å². The van der Waals surface area contributed by atoms with Gasteiger partial charge in [0, 0.05) is 40.4 Å². The van der Waals surface area contributed by atoms with E-state index in [0.29, 0.717) is 0 Å². The predicted octanol–water partition coefficient (Wildman–Crippen LogP) is 2.62. The van der Waals surface area contributed by atoms with E-state index in [2.05, 4.69) is 53.4 Å². The first-order valence-electron chi connectivity index (χ1n) is 9.85. The van der Waals surface area contributed by atoms with Gasteiger partial charge in [0.25, 0.3) is 0 Å². The number of methoxy groups -OCH3 is 1. The Hall–Kier alpha value is -1.79. The van der Waals surface area contributed by atoms with E-state index in [0.717, 1.165) is 43.9 Å². The molecule has 6 nitrogen and oxygen atoms in total. The Bertz CT molecular complexity index is 585. The summed E-state index contributed by atoms with van der Waals surface area (Å²) in [5.74, 6) is 2.60. The zero-order valence-corrected chi connectivity index (χ0v) is 17.6. The topological polar surface area (TPSA) is 49.3 Å². The van der Waals surface area contributed by atoms with Crippen LogP contribution in [0.4, 0.5) is 0 Å². The Balaban J connectivity index is 1.91. The highest BCUT2D eigenvalue weighted by Gasteiger charge is 2.18. The van der Waals surface area contributed by atoms with Crippen molar-refractivity contribution in [2.24, 2.45) is 10.9 Å². The maximum absolute atomic E-state index is 5.46. The molecule has 1 aliphatic heterocycles. The lowest BCUT2D eigenvalue weighted by molar-refractivity contribution is 0.0625. The van der Waals surface area contributed by atoms with E-state index in [4.69, 9.17) is 9.47 Å². The van der Waals surface area contributed by atoms with Crippen LogP contribution in [0.2, 0.25) is 0 Å². The third kappa shape index (κ3) is 6.70. The maximum atomic E-state index is 5.46. The molecule has 1 unspecified atom stereocenters. The van der Waals surface area contributed by atoms with Gasteiger partial charge in [0.15, 0.2) is 5.96 Å². The molecule has 0 bridgehead atoms. The fourth-order valence-electron chi connectivity index (χ4n) is 3.54. The molecule has 2 rings (SSSR count). The van der Waals surface area contributed by atoms with Gasteiger partial charge < -0.3 is 24.6 Å². The van der Waals surface area contributed by atoms with Crippen molar-refractivity contribution in [2.45, 2.75) is 25.3 Å². The molecule has 27 heavy (non-hydrogen) atoms. The van der Waals surface area contributed by atoms with E-state index >= 15 is 0 Å². The minimum absolute atomic E-state index is 0.237. The Morgan fingerprint density at radius 3 is 2.67 bits per heavy atom. The maximum Gasteiger partial charge on any atom is 0.193 e. The van der Waals surface area contributed by atoms with Crippen molar-refractivity contribution in [3.63, 3.8) is 0 Å². The lowest BCUT2D eigenvalue weighted by Crippen LogP contribution is -2.43. The number of guanidine groups is 1. The molecular weight excluding hydrogens is 340 g/mol. The first-order valence-corrected chi connectivity index (χ1v) is 9.85. The molecule has 1 aromatic carbocycles. The highest BCUT2D eigenvalue weighted by atomic mass is 16.5. The number of nitrogens with zero attached hydrogens (tertiary/aromatic N) is 3. The lowest BCUT2D eigenvalue weighted by Gasteiger charge is -2.30. The minimum Gasteiger partial charge on any atom is -0.497 e. The number of nitrogens with one attached hydrogen (secondary N) is 1. The van der Waals surface area contributed by atoms with Crippen LogP contribution in [0, 0.1) is 5.92 Å². The van der Waals surface area contributed by atoms with E-state index in [1.165, 1.54) is 24.8 Å². The van der Waals surface area contributed by atoms with E-state index in [1.54, 1.807) is 7.11 Å². The van der Waals surface area contributed by atoms with Crippen LogP contribution in [-0.4, -0.2) is 77.4 Å². The standard InChI is InChI=1S/C21H36N4O2/c1-22-21(25(4)12-9-17-10-13-27-14-11-17)23-16-20(24(2)3)18-7-6-8-19(15-18)26-5/h6-8,15,17,20H,9-14,16H2,1-5H3,(H,22,23). The summed E-state index contributed by atoms with van der Waals surface area (Å²) in [5.41, 5.74) is 1.23. The van der Waals surface area contributed by atoms with Crippen LogP contribution in [-0.2, 0) is 4.74 Å². The first kappa shape index (κ1) is 21.5. The second kappa shape index (κ2) is 11.1. The van der Waals surface area contributed by atoms with Crippen LogP contribution in [0.5, 0.6) is 5.75 Å². The number of hydrogen-bond donors (Lipinski definition) is 1. The molecule has 152 valence electrons. The molecule has 0 aliphatic carbocycles. The van der Waals surface area contributed by atoms with Gasteiger partial charge in [0.05, 0.1) is 13.2 Å². The van der Waals surface area contributed by atoms with Crippen molar-refractivity contribution in [3.8, 4) is 5.75 Å². The molecule has 6 heteroatoms. The summed E-state index contributed by atoms with van der Waals surface area (Å²) in [4.78, 5) is 8.92. The Kier molecular flexibility index (Phi) is 8.88. The van der Waals surface area contributed by atoms with E-state index in [-0.39, 0.29) is 6.04 Å². The second-order valence-electron chi connectivity index (χ2n) is 7.45. The molecule has 0 radical (unpaired) electrons. The molecule has 0 spiro atoms. The molecular formula is C21H36N4O2. The SMILES string of the molecule is CN=C(NCC(c1cccc(OC)c1)N(C)C)N(C)CCC1CCOCC1. The van der Waals surface area contributed by atoms with Gasteiger partial charge in [0.1, 0.15) is 5.75 Å². The van der Waals surface area contributed by atoms with Crippen molar-refractivity contribution < 1.29 is 9.47 Å². The molecule has 0 aromatic heterocycles. The van der Waals surface area contributed by atoms with E-state index < -0.39 is 0 Å². The second-order valence-corrected chi connectivity index (χ2v) is 7.45. The van der Waals surface area contributed by atoms with Crippen LogP contribution in [0.1, 0.15) is 30.9 Å². The minimum atomic E-state index is 0.237. The zero-order chi connectivity index (χ0) is 19.6. The summed E-state index contributed by atoms with van der Waals surface area (Å²) in [6, 6.07) is 8.50. The normalized spacial score (nSPS) is 17.0. The number of ether oxygens (including phenoxy) is 2. The molecule has 0 saturated carbocycles. The van der Waals surface area contributed by atoms with Crippen LogP contribution in [0.25, 0.3) is 0 Å². The highest BCUT2D eigenvalue weighted by Crippen LogP contribution is 2.22. The lowest BCUT2D eigenvalue weighted by atomic mass is 9.96. The third-order valence-corrected chi connectivity index (χ3v) is 5.34. The first-order chi connectivity index (χ1) is 13.0. The molecule has 1 N–H and O–H groups in total. The van der Waals surface area contributed by atoms with E-state index in [9.17, 15) is 0 Å². The van der Waals surface area contributed by atoms with Crippen molar-refractivity contribution in [1.82, 2.24) is 15.1 Å². The summed E-state index contributed by atoms with van der Waals surface area (Å²) in [7, 11) is 9.87. The largest absolute Gasteiger partial charge is 0.497 e. The van der Waals surface area contributed by atoms with Gasteiger partial charge in [-0.1, -0.05) is 12.1 Å². The van der Waals surface area contributed by atoms with Crippen LogP contribution < -0.4 is 10.1 Å². The number of likely N-dealkylation sites (N-methyl/N-ethyl adjacent to an activating group) is 1. The van der Waals surface area contributed by atoms with Crippen LogP contribution in [0.3, 0.4) is 0 Å². The fraction of sp³-hybridized carbons (Fsp3) is 0.667. The van der Waals surface area contributed by atoms with Crippen molar-refractivity contribution in [3.05, 3.63) is 29.8 Å². The average molecular weight is 377 g/mol. The Labute approximate surface area is 164 Å². The van der Waals surface area contributed by atoms with Crippen molar-refractivity contribution in [2.75, 3.05) is 61.6 Å². The summed E-state index contributed by atoms with van der Waals surface area (Å²) >= 11 is 0. The molecule has 1 saturated heterocycles. The van der Waals surface area contributed by atoms with Crippen molar-refractivity contribution >= 4 is 5.96 Å². The fourth-order valence-corrected chi connectivity index (χ4v) is 3.54. The third-order valence-electron chi connectivity index (χ3n) is 5.34. The van der Waals surface area contributed by atoms with Gasteiger partial charge in [-0.25, -0.2) is 0 Å². The zero-order valence-electron chi connectivity index (χ0n) is 17.6.